The number of hydrogen-bond acceptors (Lipinski definition) is 2. The van der Waals surface area contributed by atoms with Crippen LogP contribution in [0.4, 0.5) is 4.39 Å². The third-order valence-electron chi connectivity index (χ3n) is 1.60. The van der Waals surface area contributed by atoms with Crippen molar-refractivity contribution in [2.24, 2.45) is 0 Å². The molecule has 1 aromatic rings. The lowest BCUT2D eigenvalue weighted by Gasteiger charge is -2.06. The maximum Gasteiger partial charge on any atom is 0.123 e. The molecule has 1 N–H and O–H groups in total. The largest absolute Gasteiger partial charge is 0.391 e. The third kappa shape index (κ3) is 3.36. The zero-order chi connectivity index (χ0) is 10.6. The molecule has 1 aromatic carbocycles. The number of aliphatic hydroxyl groups is 1. The molecule has 78 valence electrons. The smallest absolute Gasteiger partial charge is 0.123 e. The first-order valence-corrected chi connectivity index (χ1v) is 5.87. The van der Waals surface area contributed by atoms with Gasteiger partial charge in [-0.3, -0.25) is 4.21 Å². The van der Waals surface area contributed by atoms with E-state index in [2.05, 4.69) is 0 Å². The van der Waals surface area contributed by atoms with Gasteiger partial charge in [0.2, 0.25) is 0 Å². The van der Waals surface area contributed by atoms with Crippen LogP contribution in [0.25, 0.3) is 0 Å². The van der Waals surface area contributed by atoms with Gasteiger partial charge in [0.1, 0.15) is 5.82 Å². The highest BCUT2D eigenvalue weighted by Gasteiger charge is 2.10. The van der Waals surface area contributed by atoms with Gasteiger partial charge in [0.15, 0.2) is 0 Å². The fourth-order valence-electron chi connectivity index (χ4n) is 0.902. The van der Waals surface area contributed by atoms with E-state index in [9.17, 15) is 8.60 Å². The average Bonchev–Trinajstić information content (AvgIpc) is 2.18. The normalized spacial score (nSPS) is 15.1. The molecule has 0 aromatic heterocycles. The van der Waals surface area contributed by atoms with E-state index in [1.54, 1.807) is 0 Å². The average molecular weight is 237 g/mol. The molecule has 0 unspecified atom stereocenters. The Hall–Kier alpha value is -0.450. The van der Waals surface area contributed by atoms with Crippen molar-refractivity contribution in [2.45, 2.75) is 11.0 Å². The van der Waals surface area contributed by atoms with E-state index < -0.39 is 16.9 Å². The SMILES string of the molecule is O=[S@](C[C@@H](O)CCl)c1ccc(F)cc1. The first kappa shape index (κ1) is 11.6. The number of benzene rings is 1. The third-order valence-corrected chi connectivity index (χ3v) is 3.44. The highest BCUT2D eigenvalue weighted by Crippen LogP contribution is 2.09. The Morgan fingerprint density at radius 2 is 2.00 bits per heavy atom. The van der Waals surface area contributed by atoms with Crippen LogP contribution < -0.4 is 0 Å². The van der Waals surface area contributed by atoms with Crippen LogP contribution >= 0.6 is 11.6 Å². The van der Waals surface area contributed by atoms with E-state index in [0.717, 1.165) is 0 Å². The molecule has 0 amide bonds. The Balaban J connectivity index is 2.65. The van der Waals surface area contributed by atoms with Gasteiger partial charge in [0.05, 0.1) is 22.7 Å². The van der Waals surface area contributed by atoms with Gasteiger partial charge in [-0.05, 0) is 24.3 Å². The summed E-state index contributed by atoms with van der Waals surface area (Å²) in [4.78, 5) is 0.496. The van der Waals surface area contributed by atoms with Crippen molar-refractivity contribution in [1.82, 2.24) is 0 Å². The maximum atomic E-state index is 12.5. The van der Waals surface area contributed by atoms with E-state index in [0.29, 0.717) is 4.90 Å². The summed E-state index contributed by atoms with van der Waals surface area (Å²) in [5.41, 5.74) is 0. The lowest BCUT2D eigenvalue weighted by atomic mass is 10.4. The number of alkyl halides is 1. The van der Waals surface area contributed by atoms with Crippen LogP contribution in [-0.4, -0.2) is 27.1 Å². The van der Waals surface area contributed by atoms with E-state index in [1.807, 2.05) is 0 Å². The summed E-state index contributed by atoms with van der Waals surface area (Å²) in [7, 11) is -1.32. The van der Waals surface area contributed by atoms with Crippen LogP contribution in [0.15, 0.2) is 29.2 Å². The first-order chi connectivity index (χ1) is 6.63. The van der Waals surface area contributed by atoms with Crippen molar-refractivity contribution < 1.29 is 13.7 Å². The molecular formula is C9H10ClFO2S. The topological polar surface area (TPSA) is 37.3 Å². The van der Waals surface area contributed by atoms with Crippen LogP contribution in [-0.2, 0) is 10.8 Å². The summed E-state index contributed by atoms with van der Waals surface area (Å²) < 4.78 is 24.0. The minimum absolute atomic E-state index is 0.0485. The quantitative estimate of drug-likeness (QED) is 0.806. The van der Waals surface area contributed by atoms with Crippen LogP contribution in [0, 0.1) is 5.82 Å². The van der Waals surface area contributed by atoms with Crippen molar-refractivity contribution in [3.8, 4) is 0 Å². The van der Waals surface area contributed by atoms with Gasteiger partial charge >= 0.3 is 0 Å². The lowest BCUT2D eigenvalue weighted by molar-refractivity contribution is 0.222. The van der Waals surface area contributed by atoms with Crippen molar-refractivity contribution in [3.63, 3.8) is 0 Å². The number of rotatable bonds is 4. The molecule has 0 fully saturated rings. The molecule has 0 heterocycles. The zero-order valence-electron chi connectivity index (χ0n) is 7.32. The molecule has 14 heavy (non-hydrogen) atoms. The van der Waals surface area contributed by atoms with E-state index in [4.69, 9.17) is 16.7 Å². The molecule has 0 saturated carbocycles. The van der Waals surface area contributed by atoms with Gasteiger partial charge in [-0.25, -0.2) is 4.39 Å². The van der Waals surface area contributed by atoms with Gasteiger partial charge in [0.25, 0.3) is 0 Å². The molecule has 0 spiro atoms. The molecule has 1 rings (SSSR count). The van der Waals surface area contributed by atoms with Crippen molar-refractivity contribution >= 4 is 22.4 Å². The summed E-state index contributed by atoms with van der Waals surface area (Å²) in [6, 6.07) is 5.35. The standard InChI is InChI=1S/C9H10ClFO2S/c10-5-8(12)6-14(13)9-3-1-7(11)2-4-9/h1-4,8,12H,5-6H2/t8-,14+/m0/s1. The highest BCUT2D eigenvalue weighted by molar-refractivity contribution is 7.85. The summed E-state index contributed by atoms with van der Waals surface area (Å²) in [6.07, 6.45) is -0.789. The monoisotopic (exact) mass is 236 g/mol. The predicted molar refractivity (Wildman–Crippen MR) is 54.4 cm³/mol. The molecule has 5 heteroatoms. The fourth-order valence-corrected chi connectivity index (χ4v) is 2.24. The second-order valence-electron chi connectivity index (χ2n) is 2.77. The fraction of sp³-hybridized carbons (Fsp3) is 0.333. The molecule has 0 aliphatic rings. The predicted octanol–water partition coefficient (Wildman–Crippen LogP) is 1.53. The van der Waals surface area contributed by atoms with E-state index >= 15 is 0 Å². The van der Waals surface area contributed by atoms with Crippen LogP contribution in [0.3, 0.4) is 0 Å². The Morgan fingerprint density at radius 1 is 1.43 bits per heavy atom. The molecule has 2 nitrogen and oxygen atoms in total. The van der Waals surface area contributed by atoms with Gasteiger partial charge < -0.3 is 5.11 Å². The summed E-state index contributed by atoms with van der Waals surface area (Å²) in [5.74, 6) is -0.245. The molecule has 0 aliphatic heterocycles. The minimum Gasteiger partial charge on any atom is -0.391 e. The van der Waals surface area contributed by atoms with Gasteiger partial charge in [0, 0.05) is 10.8 Å². The Kier molecular flexibility index (Phi) is 4.51. The number of aliphatic hydroxyl groups excluding tert-OH is 1. The first-order valence-electron chi connectivity index (χ1n) is 4.01. The Labute approximate surface area is 89.2 Å². The zero-order valence-corrected chi connectivity index (χ0v) is 8.89. The van der Waals surface area contributed by atoms with Gasteiger partial charge in [-0.15, -0.1) is 11.6 Å². The second-order valence-corrected chi connectivity index (χ2v) is 4.58. The van der Waals surface area contributed by atoms with Crippen molar-refractivity contribution in [3.05, 3.63) is 30.1 Å². The summed E-state index contributed by atoms with van der Waals surface area (Å²) in [6.45, 7) is 0. The Bertz CT molecular complexity index is 315. The van der Waals surface area contributed by atoms with Crippen LogP contribution in [0.2, 0.25) is 0 Å². The van der Waals surface area contributed by atoms with Crippen molar-refractivity contribution in [2.75, 3.05) is 11.6 Å². The second kappa shape index (κ2) is 5.44. The van der Waals surface area contributed by atoms with Gasteiger partial charge in [-0.2, -0.15) is 0 Å². The van der Waals surface area contributed by atoms with E-state index in [-0.39, 0.29) is 17.5 Å². The molecule has 2 atom stereocenters. The van der Waals surface area contributed by atoms with Crippen LogP contribution in [0.5, 0.6) is 0 Å². The Morgan fingerprint density at radius 3 is 2.50 bits per heavy atom. The molecule has 0 aliphatic carbocycles. The van der Waals surface area contributed by atoms with Crippen molar-refractivity contribution in [1.29, 1.82) is 0 Å². The lowest BCUT2D eigenvalue weighted by Crippen LogP contribution is -2.18. The summed E-state index contributed by atoms with van der Waals surface area (Å²) in [5, 5.41) is 9.15. The van der Waals surface area contributed by atoms with Crippen LogP contribution in [0.1, 0.15) is 0 Å². The highest BCUT2D eigenvalue weighted by atomic mass is 35.5. The molecule has 0 saturated heterocycles. The molecular weight excluding hydrogens is 227 g/mol. The number of hydrogen-bond donors (Lipinski definition) is 1. The minimum atomic E-state index is -1.32. The van der Waals surface area contributed by atoms with Gasteiger partial charge in [-0.1, -0.05) is 0 Å². The number of halogens is 2. The van der Waals surface area contributed by atoms with E-state index in [1.165, 1.54) is 24.3 Å². The molecule has 0 radical (unpaired) electrons. The summed E-state index contributed by atoms with van der Waals surface area (Å²) >= 11 is 5.36. The molecule has 0 bridgehead atoms. The maximum absolute atomic E-state index is 12.5.